The molecule has 0 aliphatic rings. The number of aromatic nitrogens is 4. The summed E-state index contributed by atoms with van der Waals surface area (Å²) in [6, 6.07) is 14.6. The average molecular weight is 480 g/mol. The number of aryl methyl sites for hydroxylation is 5. The molecule has 2 N–H and O–H groups in total. The topological polar surface area (TPSA) is 75.6 Å². The first-order valence-corrected chi connectivity index (χ1v) is 12.6. The van der Waals surface area contributed by atoms with Gasteiger partial charge in [-0.2, -0.15) is 5.10 Å². The molecule has 0 aliphatic carbocycles. The number of H-pyrrole nitrogens is 1. The van der Waals surface area contributed by atoms with E-state index in [9.17, 15) is 4.79 Å². The number of rotatable bonds is 7. The molecule has 0 radical (unpaired) electrons. The molecular formula is C30H33N5O. The third-order valence-electron chi connectivity index (χ3n) is 7.30. The summed E-state index contributed by atoms with van der Waals surface area (Å²) in [4.78, 5) is 20.9. The van der Waals surface area contributed by atoms with Crippen molar-refractivity contribution in [1.29, 1.82) is 0 Å². The van der Waals surface area contributed by atoms with Crippen molar-refractivity contribution in [3.63, 3.8) is 0 Å². The number of nitrogens with one attached hydrogen (secondary N) is 2. The van der Waals surface area contributed by atoms with Gasteiger partial charge in [-0.15, -0.1) is 0 Å². The zero-order valence-corrected chi connectivity index (χ0v) is 21.7. The minimum atomic E-state index is 0.0660. The van der Waals surface area contributed by atoms with Gasteiger partial charge in [0.1, 0.15) is 0 Å². The lowest BCUT2D eigenvalue weighted by atomic mass is 9.99. The molecule has 0 aliphatic heterocycles. The van der Waals surface area contributed by atoms with Crippen LogP contribution in [0.25, 0.3) is 27.6 Å². The summed E-state index contributed by atoms with van der Waals surface area (Å²) in [6.45, 7) is 11.0. The van der Waals surface area contributed by atoms with Crippen molar-refractivity contribution >= 4 is 27.8 Å². The Bertz CT molecular complexity index is 1590. The maximum Gasteiger partial charge on any atom is 0.220 e. The molecule has 2 aromatic carbocycles. The van der Waals surface area contributed by atoms with Crippen LogP contribution in [-0.2, 0) is 17.6 Å². The lowest BCUT2D eigenvalue weighted by Gasteiger charge is -2.12. The van der Waals surface area contributed by atoms with E-state index in [1.54, 1.807) is 0 Å². The van der Waals surface area contributed by atoms with Gasteiger partial charge in [0.05, 0.1) is 11.4 Å². The van der Waals surface area contributed by atoms with Crippen LogP contribution in [0.4, 0.5) is 0 Å². The van der Waals surface area contributed by atoms with Gasteiger partial charge in [-0.05, 0) is 93.5 Å². The van der Waals surface area contributed by atoms with Crippen LogP contribution in [0.15, 0.2) is 48.7 Å². The molecule has 0 fully saturated rings. The Hall–Kier alpha value is -3.93. The maximum atomic E-state index is 12.7. The number of fused-ring (bicyclic) bond motifs is 2. The highest BCUT2D eigenvalue weighted by Crippen LogP contribution is 2.29. The molecule has 184 valence electrons. The fraction of sp³-hybridized carbons (Fsp3) is 0.300. The lowest BCUT2D eigenvalue weighted by Crippen LogP contribution is -2.26. The van der Waals surface area contributed by atoms with Crippen molar-refractivity contribution in [2.24, 2.45) is 0 Å². The Morgan fingerprint density at radius 3 is 2.58 bits per heavy atom. The zero-order valence-electron chi connectivity index (χ0n) is 21.7. The first kappa shape index (κ1) is 23.8. The molecule has 5 aromatic rings. The molecule has 0 saturated heterocycles. The third kappa shape index (κ3) is 4.39. The van der Waals surface area contributed by atoms with E-state index >= 15 is 0 Å². The third-order valence-corrected chi connectivity index (χ3v) is 7.30. The van der Waals surface area contributed by atoms with Gasteiger partial charge >= 0.3 is 0 Å². The summed E-state index contributed by atoms with van der Waals surface area (Å²) in [5.74, 6) is 0.0660. The first-order chi connectivity index (χ1) is 17.3. The number of nitrogens with zero attached hydrogens (tertiary/aromatic N) is 3. The van der Waals surface area contributed by atoms with Crippen molar-refractivity contribution in [1.82, 2.24) is 25.1 Å². The number of hydrogen-bond donors (Lipinski definition) is 2. The van der Waals surface area contributed by atoms with E-state index in [0.29, 0.717) is 19.4 Å². The Morgan fingerprint density at radius 1 is 0.972 bits per heavy atom. The second kappa shape index (κ2) is 9.61. The Morgan fingerprint density at radius 2 is 1.78 bits per heavy atom. The predicted molar refractivity (Wildman–Crippen MR) is 146 cm³/mol. The van der Waals surface area contributed by atoms with Gasteiger partial charge in [0.2, 0.25) is 5.91 Å². The van der Waals surface area contributed by atoms with Crippen molar-refractivity contribution in [2.45, 2.75) is 53.9 Å². The first-order valence-electron chi connectivity index (χ1n) is 12.6. The molecule has 6 nitrogen and oxygen atoms in total. The van der Waals surface area contributed by atoms with E-state index in [1.807, 2.05) is 36.9 Å². The number of pyridine rings is 1. The molecule has 5 rings (SSSR count). The van der Waals surface area contributed by atoms with Gasteiger partial charge in [-0.1, -0.05) is 24.3 Å². The van der Waals surface area contributed by atoms with Crippen LogP contribution in [0, 0.1) is 34.6 Å². The maximum absolute atomic E-state index is 12.7. The zero-order chi connectivity index (χ0) is 25.4. The number of carbonyl (C=O) groups excluding carboxylic acids is 1. The monoisotopic (exact) mass is 479 g/mol. The molecular weight excluding hydrogens is 446 g/mol. The van der Waals surface area contributed by atoms with Crippen LogP contribution in [0.5, 0.6) is 0 Å². The highest BCUT2D eigenvalue weighted by molar-refractivity contribution is 5.85. The van der Waals surface area contributed by atoms with Crippen molar-refractivity contribution < 1.29 is 4.79 Å². The molecule has 36 heavy (non-hydrogen) atoms. The summed E-state index contributed by atoms with van der Waals surface area (Å²) in [5.41, 5.74) is 10.9. The predicted octanol–water partition coefficient (Wildman–Crippen LogP) is 5.74. The molecule has 0 spiro atoms. The molecule has 3 aromatic heterocycles. The van der Waals surface area contributed by atoms with E-state index in [1.165, 1.54) is 22.1 Å². The van der Waals surface area contributed by atoms with Gasteiger partial charge in [-0.25, -0.2) is 9.67 Å². The Labute approximate surface area is 211 Å². The second-order valence-corrected chi connectivity index (χ2v) is 9.72. The summed E-state index contributed by atoms with van der Waals surface area (Å²) in [7, 11) is 0. The molecule has 0 atom stereocenters. The molecule has 0 bridgehead atoms. The van der Waals surface area contributed by atoms with Gasteiger partial charge in [0, 0.05) is 41.1 Å². The average Bonchev–Trinajstić information content (AvgIpc) is 3.41. The minimum absolute atomic E-state index is 0.0660. The van der Waals surface area contributed by atoms with Crippen LogP contribution < -0.4 is 5.32 Å². The van der Waals surface area contributed by atoms with Crippen molar-refractivity contribution in [3.8, 4) is 5.69 Å². The summed E-state index contributed by atoms with van der Waals surface area (Å²) in [6.07, 6.45) is 3.93. The van der Waals surface area contributed by atoms with E-state index < -0.39 is 0 Å². The standard InChI is InChI=1S/C30H33N5O/c1-18-10-11-24(16-19(18)2)35-30-29(22(5)34-35)20(3)25(21(4)33-30)12-13-28(36)31-15-14-23-17-32-27-9-7-6-8-26(23)27/h6-11,16-17,32H,12-15H2,1-5H3,(H,31,36). The Balaban J connectivity index is 1.29. The smallest absolute Gasteiger partial charge is 0.220 e. The van der Waals surface area contributed by atoms with E-state index in [2.05, 4.69) is 61.4 Å². The lowest BCUT2D eigenvalue weighted by molar-refractivity contribution is -0.121. The van der Waals surface area contributed by atoms with Crippen LogP contribution in [-0.4, -0.2) is 32.2 Å². The van der Waals surface area contributed by atoms with Crippen LogP contribution in [0.2, 0.25) is 0 Å². The van der Waals surface area contributed by atoms with Gasteiger partial charge in [-0.3, -0.25) is 4.79 Å². The summed E-state index contributed by atoms with van der Waals surface area (Å²) >= 11 is 0. The normalized spacial score (nSPS) is 11.5. The number of amides is 1. The number of para-hydroxylation sites is 1. The SMILES string of the molecule is Cc1ccc(-n2nc(C)c3c(C)c(CCC(=O)NCCc4c[nH]c5ccccc45)c(C)nc32)cc1C. The summed E-state index contributed by atoms with van der Waals surface area (Å²) in [5, 5.41) is 10.2. The Kier molecular flexibility index (Phi) is 6.35. The number of benzene rings is 2. The molecule has 1 amide bonds. The van der Waals surface area contributed by atoms with Gasteiger partial charge in [0.15, 0.2) is 5.65 Å². The fourth-order valence-corrected chi connectivity index (χ4v) is 5.11. The number of aromatic amines is 1. The molecule has 0 unspecified atom stereocenters. The van der Waals surface area contributed by atoms with Crippen molar-refractivity contribution in [2.75, 3.05) is 6.54 Å². The minimum Gasteiger partial charge on any atom is -0.361 e. The van der Waals surface area contributed by atoms with E-state index in [0.717, 1.165) is 51.2 Å². The van der Waals surface area contributed by atoms with Gasteiger partial charge < -0.3 is 10.3 Å². The van der Waals surface area contributed by atoms with Crippen LogP contribution in [0.1, 0.15) is 45.6 Å². The highest BCUT2D eigenvalue weighted by Gasteiger charge is 2.18. The molecule has 6 heteroatoms. The fourth-order valence-electron chi connectivity index (χ4n) is 5.11. The summed E-state index contributed by atoms with van der Waals surface area (Å²) < 4.78 is 1.94. The number of carbonyl (C=O) groups is 1. The number of hydrogen-bond acceptors (Lipinski definition) is 3. The highest BCUT2D eigenvalue weighted by atomic mass is 16.1. The quantitative estimate of drug-likeness (QED) is 0.313. The van der Waals surface area contributed by atoms with Gasteiger partial charge in [0.25, 0.3) is 0 Å². The molecule has 0 saturated carbocycles. The van der Waals surface area contributed by atoms with E-state index in [4.69, 9.17) is 10.1 Å². The van der Waals surface area contributed by atoms with Crippen LogP contribution >= 0.6 is 0 Å². The van der Waals surface area contributed by atoms with Crippen LogP contribution in [0.3, 0.4) is 0 Å². The van der Waals surface area contributed by atoms with E-state index in [-0.39, 0.29) is 5.91 Å². The largest absolute Gasteiger partial charge is 0.361 e. The van der Waals surface area contributed by atoms with Crippen molar-refractivity contribution in [3.05, 3.63) is 87.9 Å². The molecule has 3 heterocycles. The second-order valence-electron chi connectivity index (χ2n) is 9.72.